The molecular formula is C18H18Br2N2O. The Morgan fingerprint density at radius 3 is 2.52 bits per heavy atom. The van der Waals surface area contributed by atoms with E-state index in [4.69, 9.17) is 4.74 Å². The summed E-state index contributed by atoms with van der Waals surface area (Å²) in [7, 11) is 4.09. The minimum Gasteiger partial charge on any atom is -0.489 e. The zero-order chi connectivity index (χ0) is 16.4. The second-order valence-corrected chi connectivity index (χ2v) is 7.43. The molecule has 120 valence electrons. The molecule has 5 heteroatoms. The first-order valence-corrected chi connectivity index (χ1v) is 8.98. The monoisotopic (exact) mass is 436 g/mol. The lowest BCUT2D eigenvalue weighted by Crippen LogP contribution is -2.19. The number of likely N-dealkylation sites (N-methyl/N-ethyl adjacent to an activating group) is 1. The van der Waals surface area contributed by atoms with Crippen molar-refractivity contribution >= 4 is 42.8 Å². The number of aromatic nitrogens is 1. The van der Waals surface area contributed by atoms with Crippen molar-refractivity contribution in [2.24, 2.45) is 0 Å². The van der Waals surface area contributed by atoms with Crippen molar-refractivity contribution < 1.29 is 4.74 Å². The quantitative estimate of drug-likeness (QED) is 0.586. The summed E-state index contributed by atoms with van der Waals surface area (Å²) >= 11 is 7.20. The van der Waals surface area contributed by atoms with E-state index in [9.17, 15) is 0 Å². The lowest BCUT2D eigenvalue weighted by atomic mass is 10.1. The van der Waals surface area contributed by atoms with Crippen LogP contribution in [0.15, 0.2) is 51.4 Å². The first-order valence-electron chi connectivity index (χ1n) is 7.40. The van der Waals surface area contributed by atoms with Crippen LogP contribution in [0.25, 0.3) is 22.2 Å². The molecule has 23 heavy (non-hydrogen) atoms. The van der Waals surface area contributed by atoms with Gasteiger partial charge >= 0.3 is 0 Å². The van der Waals surface area contributed by atoms with Gasteiger partial charge in [0.1, 0.15) is 6.61 Å². The lowest BCUT2D eigenvalue weighted by molar-refractivity contribution is 0.264. The summed E-state index contributed by atoms with van der Waals surface area (Å²) in [6, 6.07) is 14.4. The maximum Gasteiger partial charge on any atom is 0.152 e. The van der Waals surface area contributed by atoms with Gasteiger partial charge in [0, 0.05) is 26.4 Å². The van der Waals surface area contributed by atoms with E-state index >= 15 is 0 Å². The number of rotatable bonds is 5. The van der Waals surface area contributed by atoms with Gasteiger partial charge in [0.05, 0.1) is 11.2 Å². The highest BCUT2D eigenvalue weighted by Crippen LogP contribution is 2.41. The van der Waals surface area contributed by atoms with E-state index in [2.05, 4.69) is 59.9 Å². The SMILES string of the molecule is CN(C)CCOc1c(-c2ccccc2)[nH]c2c(Br)cc(Br)cc12. The molecule has 0 amide bonds. The van der Waals surface area contributed by atoms with Crippen molar-refractivity contribution in [1.29, 1.82) is 0 Å². The van der Waals surface area contributed by atoms with Crippen molar-refractivity contribution in [2.75, 3.05) is 27.2 Å². The van der Waals surface area contributed by atoms with Crippen molar-refractivity contribution in [3.8, 4) is 17.0 Å². The van der Waals surface area contributed by atoms with Crippen LogP contribution < -0.4 is 4.74 Å². The molecule has 1 N–H and O–H groups in total. The van der Waals surface area contributed by atoms with Gasteiger partial charge in [-0.1, -0.05) is 46.3 Å². The predicted octanol–water partition coefficient (Wildman–Crippen LogP) is 5.30. The largest absolute Gasteiger partial charge is 0.489 e. The van der Waals surface area contributed by atoms with Crippen LogP contribution in [0.2, 0.25) is 0 Å². The molecule has 3 rings (SSSR count). The van der Waals surface area contributed by atoms with Crippen molar-refractivity contribution in [2.45, 2.75) is 0 Å². The Morgan fingerprint density at radius 2 is 1.83 bits per heavy atom. The molecule has 0 spiro atoms. The van der Waals surface area contributed by atoms with Gasteiger partial charge in [-0.05, 0) is 42.2 Å². The van der Waals surface area contributed by atoms with Crippen LogP contribution in [0.1, 0.15) is 0 Å². The van der Waals surface area contributed by atoms with Crippen LogP contribution in [-0.4, -0.2) is 37.1 Å². The minimum atomic E-state index is 0.643. The zero-order valence-corrected chi connectivity index (χ0v) is 16.2. The average molecular weight is 438 g/mol. The van der Waals surface area contributed by atoms with Crippen LogP contribution in [0.4, 0.5) is 0 Å². The topological polar surface area (TPSA) is 28.3 Å². The molecule has 0 unspecified atom stereocenters. The Balaban J connectivity index is 2.12. The first kappa shape index (κ1) is 16.6. The normalized spacial score (nSPS) is 11.3. The molecule has 0 radical (unpaired) electrons. The van der Waals surface area contributed by atoms with E-state index in [-0.39, 0.29) is 0 Å². The Morgan fingerprint density at radius 1 is 1.09 bits per heavy atom. The molecule has 0 saturated heterocycles. The van der Waals surface area contributed by atoms with Gasteiger partial charge in [0.2, 0.25) is 0 Å². The van der Waals surface area contributed by atoms with Crippen LogP contribution in [0.5, 0.6) is 5.75 Å². The van der Waals surface area contributed by atoms with Gasteiger partial charge in [0.25, 0.3) is 0 Å². The van der Waals surface area contributed by atoms with E-state index in [0.717, 1.165) is 43.4 Å². The fourth-order valence-electron chi connectivity index (χ4n) is 2.48. The number of aromatic amines is 1. The Labute approximate surface area is 152 Å². The van der Waals surface area contributed by atoms with Gasteiger partial charge in [-0.2, -0.15) is 0 Å². The summed E-state index contributed by atoms with van der Waals surface area (Å²) in [5.41, 5.74) is 3.18. The molecule has 0 saturated carbocycles. The van der Waals surface area contributed by atoms with E-state index in [1.807, 2.05) is 38.4 Å². The van der Waals surface area contributed by atoms with E-state index in [1.54, 1.807) is 0 Å². The number of hydrogen-bond acceptors (Lipinski definition) is 2. The Bertz CT molecular complexity index is 813. The summed E-state index contributed by atoms with van der Waals surface area (Å²) in [6.45, 7) is 1.51. The zero-order valence-electron chi connectivity index (χ0n) is 13.1. The van der Waals surface area contributed by atoms with E-state index in [0.29, 0.717) is 6.61 Å². The summed E-state index contributed by atoms with van der Waals surface area (Å²) in [5.74, 6) is 0.898. The van der Waals surface area contributed by atoms with Gasteiger partial charge < -0.3 is 14.6 Å². The van der Waals surface area contributed by atoms with Crippen LogP contribution in [0.3, 0.4) is 0 Å². The average Bonchev–Trinajstić information content (AvgIpc) is 2.87. The van der Waals surface area contributed by atoms with E-state index < -0.39 is 0 Å². The summed E-state index contributed by atoms with van der Waals surface area (Å²) in [6.07, 6.45) is 0. The molecule has 0 fully saturated rings. The lowest BCUT2D eigenvalue weighted by Gasteiger charge is -2.12. The number of benzene rings is 2. The summed E-state index contributed by atoms with van der Waals surface area (Å²) < 4.78 is 8.19. The third-order valence-corrected chi connectivity index (χ3v) is 4.71. The number of halogens is 2. The first-order chi connectivity index (χ1) is 11.1. The molecule has 3 aromatic rings. The highest BCUT2D eigenvalue weighted by Gasteiger charge is 2.17. The third-order valence-electron chi connectivity index (χ3n) is 3.62. The van der Waals surface area contributed by atoms with Crippen molar-refractivity contribution in [3.63, 3.8) is 0 Å². The summed E-state index contributed by atoms with van der Waals surface area (Å²) in [4.78, 5) is 5.62. The fourth-order valence-corrected chi connectivity index (χ4v) is 3.81. The standard InChI is InChI=1S/C18H18Br2N2O/c1-22(2)8-9-23-18-14-10-13(19)11-15(20)17(14)21-16(18)12-6-4-3-5-7-12/h3-7,10-11,21H,8-9H2,1-2H3. The maximum atomic E-state index is 6.15. The molecule has 2 aromatic carbocycles. The molecule has 1 heterocycles. The maximum absolute atomic E-state index is 6.15. The van der Waals surface area contributed by atoms with Gasteiger partial charge in [0.15, 0.2) is 5.75 Å². The molecule has 0 aliphatic heterocycles. The highest BCUT2D eigenvalue weighted by molar-refractivity contribution is 9.11. The molecule has 1 aromatic heterocycles. The molecule has 0 bridgehead atoms. The molecule has 3 nitrogen and oxygen atoms in total. The number of nitrogens with one attached hydrogen (secondary N) is 1. The predicted molar refractivity (Wildman–Crippen MR) is 103 cm³/mol. The fraction of sp³-hybridized carbons (Fsp3) is 0.222. The molecular weight excluding hydrogens is 420 g/mol. The molecule has 0 aliphatic carbocycles. The number of H-pyrrole nitrogens is 1. The number of fused-ring (bicyclic) bond motifs is 1. The second-order valence-electron chi connectivity index (χ2n) is 5.66. The van der Waals surface area contributed by atoms with Gasteiger partial charge in [-0.25, -0.2) is 0 Å². The summed E-state index contributed by atoms with van der Waals surface area (Å²) in [5, 5.41) is 1.07. The van der Waals surface area contributed by atoms with Gasteiger partial charge in [-0.15, -0.1) is 0 Å². The minimum absolute atomic E-state index is 0.643. The van der Waals surface area contributed by atoms with Crippen LogP contribution >= 0.6 is 31.9 Å². The number of nitrogens with zero attached hydrogens (tertiary/aromatic N) is 1. The Hall–Kier alpha value is -1.30. The smallest absolute Gasteiger partial charge is 0.152 e. The van der Waals surface area contributed by atoms with Crippen molar-refractivity contribution in [3.05, 3.63) is 51.4 Å². The van der Waals surface area contributed by atoms with Crippen molar-refractivity contribution in [1.82, 2.24) is 9.88 Å². The van der Waals surface area contributed by atoms with Crippen LogP contribution in [-0.2, 0) is 0 Å². The highest BCUT2D eigenvalue weighted by atomic mass is 79.9. The van der Waals surface area contributed by atoms with Gasteiger partial charge in [-0.3, -0.25) is 0 Å². The Kier molecular flexibility index (Phi) is 5.09. The third kappa shape index (κ3) is 3.62. The number of hydrogen-bond donors (Lipinski definition) is 1. The molecule has 0 aliphatic rings. The number of ether oxygens (including phenoxy) is 1. The van der Waals surface area contributed by atoms with Crippen LogP contribution in [0, 0.1) is 0 Å². The second kappa shape index (κ2) is 7.07. The molecule has 0 atom stereocenters. The van der Waals surface area contributed by atoms with E-state index in [1.165, 1.54) is 0 Å².